The van der Waals surface area contributed by atoms with E-state index in [-0.39, 0.29) is 4.91 Å². The maximum Gasteiger partial charge on any atom is 0.290 e. The molecule has 1 heterocycles. The molecule has 0 saturated heterocycles. The topological polar surface area (TPSA) is 115 Å². The predicted molar refractivity (Wildman–Crippen MR) is 133 cm³/mol. The third-order valence-electron chi connectivity index (χ3n) is 4.37. The first-order valence-electron chi connectivity index (χ1n) is 9.62. The van der Waals surface area contributed by atoms with Crippen molar-refractivity contribution in [3.63, 3.8) is 0 Å². The van der Waals surface area contributed by atoms with Gasteiger partial charge in [-0.15, -0.1) is 12.6 Å². The van der Waals surface area contributed by atoms with Gasteiger partial charge < -0.3 is 10.6 Å². The minimum Gasteiger partial charge on any atom is -0.388 e. The Kier molecular flexibility index (Phi) is 10.7. The highest BCUT2D eigenvalue weighted by atomic mass is 32.2. The molecule has 9 heteroatoms. The van der Waals surface area contributed by atoms with Crippen molar-refractivity contribution in [3.8, 4) is 6.07 Å². The monoisotopic (exact) mass is 472 g/mol. The number of nitrogens with one attached hydrogen (secondary N) is 2. The maximum absolute atomic E-state index is 11.0. The molecule has 32 heavy (non-hydrogen) atoms. The van der Waals surface area contributed by atoms with Crippen molar-refractivity contribution >= 4 is 34.3 Å². The lowest BCUT2D eigenvalue weighted by atomic mass is 10.1. The van der Waals surface area contributed by atoms with Gasteiger partial charge in [-0.25, -0.2) is 4.98 Å². The molecule has 2 aromatic rings. The molecule has 0 aliphatic heterocycles. The summed E-state index contributed by atoms with van der Waals surface area (Å²) in [4.78, 5) is 5.02. The van der Waals surface area contributed by atoms with E-state index in [0.717, 1.165) is 21.7 Å². The molecular formula is C23H28N4O3S2. The average molecular weight is 473 g/mol. The second-order valence-electron chi connectivity index (χ2n) is 6.70. The summed E-state index contributed by atoms with van der Waals surface area (Å²) in [5.41, 5.74) is 3.81. The first-order valence-corrected chi connectivity index (χ1v) is 11.5. The van der Waals surface area contributed by atoms with Crippen LogP contribution in [0.2, 0.25) is 0 Å². The Morgan fingerprint density at radius 2 is 1.84 bits per heavy atom. The summed E-state index contributed by atoms with van der Waals surface area (Å²) >= 11 is 4.14. The molecule has 1 aromatic heterocycles. The zero-order valence-corrected chi connectivity index (χ0v) is 20.4. The Balaban J connectivity index is 0.000000471. The number of anilines is 2. The number of allylic oxidation sites excluding steroid dienone is 5. The number of hydrogen-bond acceptors (Lipinski definition) is 7. The number of rotatable bonds is 6. The van der Waals surface area contributed by atoms with Crippen LogP contribution in [0.15, 0.2) is 70.3 Å². The summed E-state index contributed by atoms with van der Waals surface area (Å²) < 4.78 is 31.0. The summed E-state index contributed by atoms with van der Waals surface area (Å²) in [6, 6.07) is 10.00. The number of hydrogen-bond donors (Lipinski definition) is 4. The summed E-state index contributed by atoms with van der Waals surface area (Å²) in [5.74, 6) is 0.387. The number of thiol groups is 1. The SMILES string of the molecule is CNc1ccc(S)cc1.C\C=C/C(=C\C=C(/C)S(=O)(=O)O)Nc1ncc(C)c(C)c1C#N. The lowest BCUT2D eigenvalue weighted by molar-refractivity contribution is 0.491. The zero-order chi connectivity index (χ0) is 24.3. The van der Waals surface area contributed by atoms with Gasteiger partial charge in [0.25, 0.3) is 10.1 Å². The van der Waals surface area contributed by atoms with Crippen LogP contribution >= 0.6 is 12.6 Å². The molecule has 1 aromatic carbocycles. The minimum atomic E-state index is -4.21. The summed E-state index contributed by atoms with van der Waals surface area (Å²) in [7, 11) is -2.32. The van der Waals surface area contributed by atoms with Gasteiger partial charge in [0, 0.05) is 29.5 Å². The van der Waals surface area contributed by atoms with Gasteiger partial charge in [0.15, 0.2) is 0 Å². The molecule has 0 atom stereocenters. The summed E-state index contributed by atoms with van der Waals surface area (Å²) in [5, 5.41) is 15.3. The van der Waals surface area contributed by atoms with E-state index in [0.29, 0.717) is 17.1 Å². The highest BCUT2D eigenvalue weighted by molar-refractivity contribution is 7.89. The van der Waals surface area contributed by atoms with Crippen LogP contribution in [0.4, 0.5) is 11.5 Å². The Bertz CT molecular complexity index is 1160. The fourth-order valence-corrected chi connectivity index (χ4v) is 2.69. The van der Waals surface area contributed by atoms with Crippen LogP contribution in [0.5, 0.6) is 0 Å². The van der Waals surface area contributed by atoms with Gasteiger partial charge >= 0.3 is 0 Å². The smallest absolute Gasteiger partial charge is 0.290 e. The fourth-order valence-electron chi connectivity index (χ4n) is 2.31. The van der Waals surface area contributed by atoms with Crippen molar-refractivity contribution in [3.05, 3.63) is 82.1 Å². The molecular weight excluding hydrogens is 444 g/mol. The largest absolute Gasteiger partial charge is 0.388 e. The average Bonchev–Trinajstić information content (AvgIpc) is 2.75. The van der Waals surface area contributed by atoms with Gasteiger partial charge in [0.1, 0.15) is 11.9 Å². The summed E-state index contributed by atoms with van der Waals surface area (Å²) in [6.07, 6.45) is 7.87. The number of aromatic nitrogens is 1. The van der Waals surface area contributed by atoms with Crippen molar-refractivity contribution in [2.45, 2.75) is 32.6 Å². The van der Waals surface area contributed by atoms with Crippen LogP contribution < -0.4 is 10.6 Å². The summed E-state index contributed by atoms with van der Waals surface area (Å²) in [6.45, 7) is 6.79. The second kappa shape index (κ2) is 12.7. The molecule has 0 amide bonds. The highest BCUT2D eigenvalue weighted by Gasteiger charge is 2.10. The quantitative estimate of drug-likeness (QED) is 0.258. The molecule has 0 unspecified atom stereocenters. The van der Waals surface area contributed by atoms with Crippen LogP contribution in [0.3, 0.4) is 0 Å². The third-order valence-corrected chi connectivity index (χ3v) is 5.62. The van der Waals surface area contributed by atoms with Gasteiger partial charge in [0.05, 0.1) is 10.5 Å². The fraction of sp³-hybridized carbons (Fsp3) is 0.217. The molecule has 0 aliphatic rings. The van der Waals surface area contributed by atoms with Gasteiger partial charge in [-0.2, -0.15) is 13.7 Å². The van der Waals surface area contributed by atoms with Gasteiger partial charge in [-0.3, -0.25) is 4.55 Å². The van der Waals surface area contributed by atoms with E-state index < -0.39 is 10.1 Å². The van der Waals surface area contributed by atoms with Crippen molar-refractivity contribution in [1.82, 2.24) is 4.98 Å². The van der Waals surface area contributed by atoms with E-state index in [1.54, 1.807) is 25.3 Å². The van der Waals surface area contributed by atoms with Crippen LogP contribution in [-0.4, -0.2) is 25.0 Å². The van der Waals surface area contributed by atoms with E-state index in [4.69, 9.17) is 4.55 Å². The number of benzene rings is 1. The number of nitrogens with zero attached hydrogens (tertiary/aromatic N) is 2. The van der Waals surface area contributed by atoms with Gasteiger partial charge in [-0.05, 0) is 81.3 Å². The van der Waals surface area contributed by atoms with Crippen LogP contribution in [0, 0.1) is 25.2 Å². The Morgan fingerprint density at radius 3 is 2.34 bits per heavy atom. The van der Waals surface area contributed by atoms with Gasteiger partial charge in [0.2, 0.25) is 0 Å². The van der Waals surface area contributed by atoms with Gasteiger partial charge in [-0.1, -0.05) is 6.08 Å². The number of nitriles is 1. The normalized spacial score (nSPS) is 12.1. The highest BCUT2D eigenvalue weighted by Crippen LogP contribution is 2.20. The van der Waals surface area contributed by atoms with Crippen molar-refractivity contribution in [1.29, 1.82) is 5.26 Å². The van der Waals surface area contributed by atoms with Crippen molar-refractivity contribution < 1.29 is 13.0 Å². The van der Waals surface area contributed by atoms with Crippen LogP contribution in [0.25, 0.3) is 0 Å². The second-order valence-corrected chi connectivity index (χ2v) is 8.81. The predicted octanol–water partition coefficient (Wildman–Crippen LogP) is 5.25. The molecule has 3 N–H and O–H groups in total. The van der Waals surface area contributed by atoms with Crippen molar-refractivity contribution in [2.75, 3.05) is 17.7 Å². The molecule has 0 aliphatic carbocycles. The third kappa shape index (κ3) is 8.59. The minimum absolute atomic E-state index is 0.185. The van der Waals surface area contributed by atoms with Crippen LogP contribution in [-0.2, 0) is 10.1 Å². The first-order chi connectivity index (χ1) is 15.0. The Labute approximate surface area is 195 Å². The molecule has 0 radical (unpaired) electrons. The van der Waals surface area contributed by atoms with E-state index in [9.17, 15) is 13.7 Å². The molecule has 0 spiro atoms. The van der Waals surface area contributed by atoms with Crippen molar-refractivity contribution in [2.24, 2.45) is 0 Å². The van der Waals surface area contributed by atoms with E-state index in [2.05, 4.69) is 34.3 Å². The van der Waals surface area contributed by atoms with E-state index >= 15 is 0 Å². The van der Waals surface area contributed by atoms with E-state index in [1.165, 1.54) is 19.1 Å². The Morgan fingerprint density at radius 1 is 1.22 bits per heavy atom. The maximum atomic E-state index is 11.0. The first kappa shape index (κ1) is 27.0. The van der Waals surface area contributed by atoms with Crippen LogP contribution in [0.1, 0.15) is 30.5 Å². The molecule has 7 nitrogen and oxygen atoms in total. The number of pyridine rings is 1. The lowest BCUT2D eigenvalue weighted by Gasteiger charge is -2.11. The lowest BCUT2D eigenvalue weighted by Crippen LogP contribution is -2.04. The standard InChI is InChI=1S/C16H19N3O3S.C7H9NS/c1-5-6-14(8-7-12(3)23(20,21)22)19-16-15(9-17)13(4)11(2)10-18-16;1-8-6-2-4-7(9)5-3-6/h5-8,10H,1-4H3,(H,18,19)(H,20,21,22);2-5,8-9H,1H3/b6-5-,12-7+,14-8+;. The zero-order valence-electron chi connectivity index (χ0n) is 18.7. The molecule has 0 saturated carbocycles. The molecule has 2 rings (SSSR count). The molecule has 0 bridgehead atoms. The Hall–Kier alpha value is -3.06. The molecule has 170 valence electrons. The molecule has 0 fully saturated rings. The van der Waals surface area contributed by atoms with E-state index in [1.807, 2.05) is 45.2 Å². The number of aryl methyl sites for hydroxylation is 1.